The number of hydrogen-bond donors (Lipinski definition) is 0. The summed E-state index contributed by atoms with van der Waals surface area (Å²) in [5.74, 6) is 0.283. The van der Waals surface area contributed by atoms with Crippen molar-refractivity contribution < 1.29 is 4.79 Å². The molecule has 0 aromatic heterocycles. The molecule has 0 saturated carbocycles. The van der Waals surface area contributed by atoms with Crippen molar-refractivity contribution in [1.82, 2.24) is 0 Å². The number of Topliss-reactive ketones (excluding diaryl/α,β-unsaturated/α-hetero) is 1. The Hall–Kier alpha value is -1.19. The van der Waals surface area contributed by atoms with Crippen LogP contribution in [0.1, 0.15) is 24.5 Å². The number of thioether (sulfide) groups is 2. The molecule has 0 heterocycles. The Kier molecular flexibility index (Phi) is 5.95. The third kappa shape index (κ3) is 4.94. The van der Waals surface area contributed by atoms with Gasteiger partial charge >= 0.3 is 0 Å². The van der Waals surface area contributed by atoms with Crippen LogP contribution in [0.15, 0.2) is 58.3 Å². The van der Waals surface area contributed by atoms with Gasteiger partial charge in [-0.15, -0.1) is 23.5 Å². The minimum Gasteiger partial charge on any atom is -0.297 e. The predicted molar refractivity (Wildman–Crippen MR) is 93.2 cm³/mol. The summed E-state index contributed by atoms with van der Waals surface area (Å²) in [4.78, 5) is 14.5. The molecule has 0 bridgehead atoms. The monoisotopic (exact) mass is 316 g/mol. The van der Waals surface area contributed by atoms with Crippen LogP contribution in [0, 0.1) is 13.8 Å². The molecule has 0 radical (unpaired) electrons. The number of rotatable bonds is 6. The quantitative estimate of drug-likeness (QED) is 0.518. The molecular formula is C18H20OS2. The van der Waals surface area contributed by atoms with Crippen LogP contribution in [-0.4, -0.2) is 10.4 Å². The van der Waals surface area contributed by atoms with E-state index in [9.17, 15) is 4.79 Å². The Morgan fingerprint density at radius 1 is 0.857 bits per heavy atom. The van der Waals surface area contributed by atoms with Gasteiger partial charge in [0.2, 0.25) is 0 Å². The summed E-state index contributed by atoms with van der Waals surface area (Å²) >= 11 is 3.29. The molecule has 0 N–H and O–H groups in total. The second-order valence-corrected chi connectivity index (χ2v) is 7.67. The lowest BCUT2D eigenvalue weighted by Gasteiger charge is -2.14. The SMILES string of the molecule is CCC(=O)C(Sc1ccc(C)cc1)Sc1ccc(C)cc1. The molecule has 2 rings (SSSR count). The van der Waals surface area contributed by atoms with E-state index in [0.29, 0.717) is 6.42 Å². The van der Waals surface area contributed by atoms with Gasteiger partial charge in [0.05, 0.1) is 0 Å². The number of aryl methyl sites for hydroxylation is 2. The lowest BCUT2D eigenvalue weighted by atomic mass is 10.2. The van der Waals surface area contributed by atoms with Crippen LogP contribution in [0.25, 0.3) is 0 Å². The van der Waals surface area contributed by atoms with Gasteiger partial charge in [-0.25, -0.2) is 0 Å². The second kappa shape index (κ2) is 7.71. The fraction of sp³-hybridized carbons (Fsp3) is 0.278. The molecule has 0 atom stereocenters. The Balaban J connectivity index is 2.12. The zero-order chi connectivity index (χ0) is 15.2. The number of carbonyl (C=O) groups excluding carboxylic acids is 1. The number of ketones is 1. The van der Waals surface area contributed by atoms with E-state index in [0.717, 1.165) is 9.79 Å². The normalized spacial score (nSPS) is 10.9. The van der Waals surface area contributed by atoms with Gasteiger partial charge in [0.15, 0.2) is 5.78 Å². The fourth-order valence-corrected chi connectivity index (χ4v) is 4.34. The van der Waals surface area contributed by atoms with Gasteiger partial charge in [-0.3, -0.25) is 4.79 Å². The average molecular weight is 316 g/mol. The maximum atomic E-state index is 12.2. The Morgan fingerprint density at radius 2 is 1.24 bits per heavy atom. The standard InChI is InChI=1S/C18H20OS2/c1-4-17(19)18(20-15-9-5-13(2)6-10-15)21-16-11-7-14(3)8-12-16/h5-12,18H,4H2,1-3H3. The summed E-state index contributed by atoms with van der Waals surface area (Å²) in [6.45, 7) is 6.08. The van der Waals surface area contributed by atoms with Gasteiger partial charge in [-0.05, 0) is 38.1 Å². The van der Waals surface area contributed by atoms with Gasteiger partial charge in [0.1, 0.15) is 4.58 Å². The Bertz CT molecular complexity index is 540. The molecule has 110 valence electrons. The van der Waals surface area contributed by atoms with Crippen LogP contribution < -0.4 is 0 Å². The molecule has 0 aliphatic rings. The van der Waals surface area contributed by atoms with E-state index in [1.54, 1.807) is 23.5 Å². The molecule has 0 unspecified atom stereocenters. The van der Waals surface area contributed by atoms with E-state index in [4.69, 9.17) is 0 Å². The molecule has 21 heavy (non-hydrogen) atoms. The summed E-state index contributed by atoms with van der Waals surface area (Å²) in [5.41, 5.74) is 2.48. The van der Waals surface area contributed by atoms with E-state index in [1.807, 2.05) is 6.92 Å². The molecular weight excluding hydrogens is 296 g/mol. The van der Waals surface area contributed by atoms with E-state index < -0.39 is 0 Å². The average Bonchev–Trinajstić information content (AvgIpc) is 2.50. The van der Waals surface area contributed by atoms with Gasteiger partial charge in [0, 0.05) is 16.2 Å². The molecule has 0 aliphatic heterocycles. The zero-order valence-corrected chi connectivity index (χ0v) is 14.3. The fourth-order valence-electron chi connectivity index (χ4n) is 1.80. The molecule has 3 heteroatoms. The maximum Gasteiger partial charge on any atom is 0.156 e. The van der Waals surface area contributed by atoms with E-state index >= 15 is 0 Å². The predicted octanol–water partition coefficient (Wildman–Crippen LogP) is 5.49. The molecule has 0 spiro atoms. The molecule has 0 fully saturated rings. The second-order valence-electron chi connectivity index (χ2n) is 5.01. The third-order valence-corrected chi connectivity index (χ3v) is 5.76. The Labute approximate surface area is 135 Å². The smallest absolute Gasteiger partial charge is 0.156 e. The molecule has 2 aromatic carbocycles. The molecule has 0 amide bonds. The summed E-state index contributed by atoms with van der Waals surface area (Å²) in [6.07, 6.45) is 0.572. The van der Waals surface area contributed by atoms with Crippen molar-refractivity contribution in [2.45, 2.75) is 41.6 Å². The van der Waals surface area contributed by atoms with E-state index in [2.05, 4.69) is 62.4 Å². The highest BCUT2D eigenvalue weighted by atomic mass is 32.2. The highest BCUT2D eigenvalue weighted by molar-refractivity contribution is 8.18. The van der Waals surface area contributed by atoms with Crippen molar-refractivity contribution in [2.75, 3.05) is 0 Å². The van der Waals surface area contributed by atoms with Gasteiger partial charge in [0.25, 0.3) is 0 Å². The van der Waals surface area contributed by atoms with Crippen LogP contribution in [-0.2, 0) is 4.79 Å². The molecule has 1 nitrogen and oxygen atoms in total. The zero-order valence-electron chi connectivity index (χ0n) is 12.6. The third-order valence-electron chi connectivity index (χ3n) is 3.14. The summed E-state index contributed by atoms with van der Waals surface area (Å²) in [7, 11) is 0. The van der Waals surface area contributed by atoms with Crippen LogP contribution in [0.4, 0.5) is 0 Å². The number of hydrogen-bond acceptors (Lipinski definition) is 3. The van der Waals surface area contributed by atoms with Crippen molar-refractivity contribution in [3.63, 3.8) is 0 Å². The summed E-state index contributed by atoms with van der Waals surface area (Å²) in [6, 6.07) is 16.7. The lowest BCUT2D eigenvalue weighted by Crippen LogP contribution is -2.11. The minimum atomic E-state index is -0.0830. The first-order valence-corrected chi connectivity index (χ1v) is 8.84. The lowest BCUT2D eigenvalue weighted by molar-refractivity contribution is -0.116. The van der Waals surface area contributed by atoms with Gasteiger partial charge < -0.3 is 0 Å². The highest BCUT2D eigenvalue weighted by Gasteiger charge is 2.19. The Morgan fingerprint density at radius 3 is 1.57 bits per heavy atom. The maximum absolute atomic E-state index is 12.2. The topological polar surface area (TPSA) is 17.1 Å². The first-order valence-electron chi connectivity index (χ1n) is 7.08. The molecule has 0 saturated heterocycles. The number of carbonyl (C=O) groups is 1. The first kappa shape index (κ1) is 16.2. The molecule has 0 aliphatic carbocycles. The largest absolute Gasteiger partial charge is 0.297 e. The van der Waals surface area contributed by atoms with E-state index in [1.165, 1.54) is 11.1 Å². The van der Waals surface area contributed by atoms with E-state index in [-0.39, 0.29) is 10.4 Å². The van der Waals surface area contributed by atoms with Crippen LogP contribution in [0.3, 0.4) is 0 Å². The van der Waals surface area contributed by atoms with Crippen molar-refractivity contribution in [1.29, 1.82) is 0 Å². The first-order chi connectivity index (χ1) is 10.1. The van der Waals surface area contributed by atoms with Crippen LogP contribution >= 0.6 is 23.5 Å². The number of benzene rings is 2. The summed E-state index contributed by atoms with van der Waals surface area (Å²) < 4.78 is -0.0830. The minimum absolute atomic E-state index is 0.0830. The van der Waals surface area contributed by atoms with Crippen molar-refractivity contribution >= 4 is 29.3 Å². The highest BCUT2D eigenvalue weighted by Crippen LogP contribution is 2.36. The molecule has 2 aromatic rings. The summed E-state index contributed by atoms with van der Waals surface area (Å²) in [5, 5.41) is 0. The van der Waals surface area contributed by atoms with Gasteiger partial charge in [-0.2, -0.15) is 0 Å². The van der Waals surface area contributed by atoms with Crippen molar-refractivity contribution in [2.24, 2.45) is 0 Å². The van der Waals surface area contributed by atoms with Crippen LogP contribution in [0.2, 0.25) is 0 Å². The van der Waals surface area contributed by atoms with Crippen molar-refractivity contribution in [3.05, 3.63) is 59.7 Å². The van der Waals surface area contributed by atoms with Gasteiger partial charge in [-0.1, -0.05) is 42.3 Å². The van der Waals surface area contributed by atoms with Crippen molar-refractivity contribution in [3.8, 4) is 0 Å². The van der Waals surface area contributed by atoms with Crippen LogP contribution in [0.5, 0.6) is 0 Å².